The lowest BCUT2D eigenvalue weighted by atomic mass is 9.38. The molecule has 0 amide bonds. The van der Waals surface area contributed by atoms with E-state index in [1.165, 1.54) is 7.11 Å². The molecule has 37 heavy (non-hydrogen) atoms. The first-order valence-electron chi connectivity index (χ1n) is 11.8. The Morgan fingerprint density at radius 2 is 1.65 bits per heavy atom. The molecule has 12 heteroatoms. The summed E-state index contributed by atoms with van der Waals surface area (Å²) in [6.07, 6.45) is 5.26. The first kappa shape index (κ1) is 25.8. The van der Waals surface area contributed by atoms with Crippen LogP contribution in [-0.2, 0) is 14.2 Å². The maximum absolute atomic E-state index is 12.5. The summed E-state index contributed by atoms with van der Waals surface area (Å²) in [7, 11) is 31.2. The lowest BCUT2D eigenvalue weighted by molar-refractivity contribution is -0.302. The fourth-order valence-electron chi connectivity index (χ4n) is 6.12. The zero-order valence-electron chi connectivity index (χ0n) is 21.1. The highest BCUT2D eigenvalue weighted by atomic mass is 16.7. The molecular weight excluding hydrogens is 466 g/mol. The second-order valence-electron chi connectivity index (χ2n) is 10.2. The quantitative estimate of drug-likeness (QED) is 0.323. The van der Waals surface area contributed by atoms with Crippen LogP contribution in [0.3, 0.4) is 0 Å². The molecule has 3 heterocycles. The largest absolute Gasteiger partial charge is 0.465 e. The van der Waals surface area contributed by atoms with Crippen LogP contribution in [0.5, 0.6) is 11.5 Å². The van der Waals surface area contributed by atoms with Crippen molar-refractivity contribution in [3.63, 3.8) is 0 Å². The number of methoxy groups -OCH3 is 3. The first-order chi connectivity index (χ1) is 17.5. The number of aromatic amines is 1. The number of fused-ring (bicyclic) bond motifs is 1. The van der Waals surface area contributed by atoms with Crippen molar-refractivity contribution in [2.45, 2.75) is 42.1 Å². The lowest BCUT2D eigenvalue weighted by Crippen LogP contribution is -2.73. The molecule has 5 rings (SSSR count). The fraction of sp³-hybridized carbons (Fsp3) is 0.440. The average Bonchev–Trinajstić information content (AvgIpc) is 3.28. The van der Waals surface area contributed by atoms with Crippen molar-refractivity contribution in [1.82, 2.24) is 9.97 Å². The number of hydrogen-bond donors (Lipinski definition) is 1. The van der Waals surface area contributed by atoms with E-state index < -0.39 is 22.4 Å². The molecule has 2 aromatic heterocycles. The van der Waals surface area contributed by atoms with Crippen LogP contribution in [0.2, 0.25) is 0 Å². The second kappa shape index (κ2) is 8.88. The molecule has 8 radical (unpaired) electrons. The van der Waals surface area contributed by atoms with Gasteiger partial charge in [-0.3, -0.25) is 0 Å². The van der Waals surface area contributed by atoms with E-state index in [4.69, 9.17) is 50.3 Å². The van der Waals surface area contributed by atoms with Gasteiger partial charge in [-0.1, -0.05) is 0 Å². The Labute approximate surface area is 221 Å². The third kappa shape index (κ3) is 4.44. The number of ether oxygens (including phenoxy) is 4. The zero-order chi connectivity index (χ0) is 26.6. The van der Waals surface area contributed by atoms with Gasteiger partial charge < -0.3 is 28.8 Å². The molecular formula is C25H25B4N3O5. The van der Waals surface area contributed by atoms with Crippen LogP contribution in [0, 0.1) is 5.41 Å². The molecule has 182 valence electrons. The van der Waals surface area contributed by atoms with Gasteiger partial charge in [0.05, 0.1) is 44.7 Å². The van der Waals surface area contributed by atoms with E-state index in [2.05, 4.69) is 9.97 Å². The van der Waals surface area contributed by atoms with E-state index in [-0.39, 0.29) is 16.7 Å². The average molecular weight is 491 g/mol. The predicted octanol–water partition coefficient (Wildman–Crippen LogP) is 2.49. The third-order valence-corrected chi connectivity index (χ3v) is 7.41. The second-order valence-corrected chi connectivity index (χ2v) is 10.2. The minimum absolute atomic E-state index is 0.206. The number of H-pyrrole nitrogens is 1. The van der Waals surface area contributed by atoms with Gasteiger partial charge in [-0.15, -0.1) is 0 Å². The highest BCUT2D eigenvalue weighted by Gasteiger charge is 2.62. The van der Waals surface area contributed by atoms with Crippen molar-refractivity contribution in [2.75, 3.05) is 26.2 Å². The third-order valence-electron chi connectivity index (χ3n) is 7.41. The summed E-state index contributed by atoms with van der Waals surface area (Å²) in [5, 5.41) is -1.97. The number of nitrogens with zero attached hydrogens (tertiary/aromatic N) is 2. The number of hydrogen-bond acceptors (Lipinski definition) is 7. The number of benzene rings is 1. The van der Waals surface area contributed by atoms with E-state index >= 15 is 0 Å². The zero-order valence-corrected chi connectivity index (χ0v) is 21.1. The Kier molecular flexibility index (Phi) is 6.19. The Morgan fingerprint density at radius 3 is 2.27 bits per heavy atom. The van der Waals surface area contributed by atoms with E-state index in [0.717, 1.165) is 5.39 Å². The van der Waals surface area contributed by atoms with Crippen LogP contribution in [0.1, 0.15) is 36.0 Å². The van der Waals surface area contributed by atoms with Crippen LogP contribution >= 0.6 is 0 Å². The molecule has 3 aromatic rings. The minimum atomic E-state index is -1.41. The van der Waals surface area contributed by atoms with Gasteiger partial charge in [0.1, 0.15) is 22.7 Å². The van der Waals surface area contributed by atoms with Crippen LogP contribution in [0.4, 0.5) is 5.69 Å². The van der Waals surface area contributed by atoms with Crippen LogP contribution in [0.25, 0.3) is 11.0 Å². The van der Waals surface area contributed by atoms with Crippen LogP contribution < -0.4 is 9.64 Å². The summed E-state index contributed by atoms with van der Waals surface area (Å²) in [6, 6.07) is 8.54. The summed E-state index contributed by atoms with van der Waals surface area (Å²) in [5.74, 6) is -0.630. The van der Waals surface area contributed by atoms with E-state index in [0.29, 0.717) is 42.8 Å². The summed E-state index contributed by atoms with van der Waals surface area (Å²) < 4.78 is 22.2. The number of piperidine rings is 1. The number of esters is 1. The molecule has 1 saturated carbocycles. The van der Waals surface area contributed by atoms with Crippen molar-refractivity contribution >= 4 is 54.1 Å². The number of anilines is 1. The van der Waals surface area contributed by atoms with E-state index in [1.54, 1.807) is 55.8 Å². The van der Waals surface area contributed by atoms with Crippen LogP contribution in [-0.4, -0.2) is 85.1 Å². The van der Waals surface area contributed by atoms with Crippen molar-refractivity contribution in [3.8, 4) is 11.5 Å². The minimum Gasteiger partial charge on any atom is -0.465 e. The standard InChI is InChI=1S/C25H25B4N3O5/c1-34-21(33)18-5-4-16(9-19(18)37-17-8-15-6-7-30-20(15)31-10-17)32-24(26,27)13-22(14-25(32,28)29)11-23(12-22,35-2)36-3/h4-10H,11-14H2,1-3H3,(H,30,31). The normalized spacial score (nSPS) is 20.9. The Balaban J connectivity index is 1.50. The number of carbonyl (C=O) groups excluding carboxylic acids is 1. The number of aromatic nitrogens is 2. The monoisotopic (exact) mass is 491 g/mol. The van der Waals surface area contributed by atoms with E-state index in [9.17, 15) is 4.79 Å². The Morgan fingerprint density at radius 1 is 0.973 bits per heavy atom. The van der Waals surface area contributed by atoms with Gasteiger partial charge in [0.2, 0.25) is 0 Å². The van der Waals surface area contributed by atoms with Gasteiger partial charge in [-0.25, -0.2) is 9.78 Å². The number of carbonyl (C=O) groups is 1. The molecule has 1 aliphatic heterocycles. The van der Waals surface area contributed by atoms with Crippen molar-refractivity contribution in [1.29, 1.82) is 0 Å². The molecule has 1 aromatic carbocycles. The molecule has 1 aliphatic carbocycles. The molecule has 1 saturated heterocycles. The highest BCUT2D eigenvalue weighted by molar-refractivity contribution is 6.47. The smallest absolute Gasteiger partial charge is 0.341 e. The molecule has 2 fully saturated rings. The Bertz CT molecular complexity index is 1310. The highest BCUT2D eigenvalue weighted by Crippen LogP contribution is 2.61. The molecule has 1 spiro atoms. The summed E-state index contributed by atoms with van der Waals surface area (Å²) in [5.41, 5.74) is 1.06. The van der Waals surface area contributed by atoms with Gasteiger partial charge >= 0.3 is 5.97 Å². The predicted molar refractivity (Wildman–Crippen MR) is 143 cm³/mol. The van der Waals surface area contributed by atoms with Gasteiger partial charge in [-0.2, -0.15) is 0 Å². The first-order valence-corrected chi connectivity index (χ1v) is 11.8. The number of nitrogens with one attached hydrogen (secondary N) is 1. The summed E-state index contributed by atoms with van der Waals surface area (Å²) in [6.45, 7) is 0. The van der Waals surface area contributed by atoms with E-state index in [1.807, 2.05) is 6.07 Å². The SMILES string of the molecule is [B]C1([B])CC2(CC(OC)(OC)C2)CC([B])([B])N1c1ccc(C(=O)OC)c(Oc2cnc3[nH]ccc3c2)c1. The Hall–Kier alpha value is -2.84. The summed E-state index contributed by atoms with van der Waals surface area (Å²) >= 11 is 0. The van der Waals surface area contributed by atoms with Crippen molar-refractivity contribution in [3.05, 3.63) is 48.3 Å². The molecule has 2 aliphatic rings. The maximum atomic E-state index is 12.5. The van der Waals surface area contributed by atoms with Crippen molar-refractivity contribution in [2.24, 2.45) is 5.41 Å². The molecule has 8 nitrogen and oxygen atoms in total. The number of rotatable bonds is 6. The van der Waals surface area contributed by atoms with Crippen molar-refractivity contribution < 1.29 is 23.7 Å². The molecule has 1 N–H and O–H groups in total. The van der Waals surface area contributed by atoms with Gasteiger partial charge in [0.25, 0.3) is 0 Å². The molecule has 0 atom stereocenters. The topological polar surface area (TPSA) is 85.9 Å². The maximum Gasteiger partial charge on any atom is 0.341 e. The van der Waals surface area contributed by atoms with Gasteiger partial charge in [-0.05, 0) is 53.2 Å². The molecule has 0 unspecified atom stereocenters. The lowest BCUT2D eigenvalue weighted by Gasteiger charge is -2.68. The number of pyridine rings is 1. The van der Waals surface area contributed by atoms with Gasteiger partial charge in [0.15, 0.2) is 5.79 Å². The van der Waals surface area contributed by atoms with Crippen LogP contribution in [0.15, 0.2) is 42.7 Å². The summed E-state index contributed by atoms with van der Waals surface area (Å²) in [4.78, 5) is 21.5. The van der Waals surface area contributed by atoms with Gasteiger partial charge in [0, 0.05) is 50.4 Å². The fourth-order valence-corrected chi connectivity index (χ4v) is 6.12. The molecule has 0 bridgehead atoms.